The van der Waals surface area contributed by atoms with Crippen molar-refractivity contribution in [2.45, 2.75) is 6.42 Å². The highest BCUT2D eigenvalue weighted by Crippen LogP contribution is 2.30. The van der Waals surface area contributed by atoms with Gasteiger partial charge in [0, 0.05) is 58.3 Å². The summed E-state index contributed by atoms with van der Waals surface area (Å²) in [6.07, 6.45) is 4.68. The smallest absolute Gasteiger partial charge is 0.215 e. The Morgan fingerprint density at radius 1 is 1.10 bits per heavy atom. The van der Waals surface area contributed by atoms with Crippen molar-refractivity contribution in [1.82, 2.24) is 20.3 Å². The normalized spacial score (nSPS) is 14.5. The Morgan fingerprint density at radius 3 is 2.94 bits per heavy atom. The zero-order valence-corrected chi connectivity index (χ0v) is 17.1. The summed E-state index contributed by atoms with van der Waals surface area (Å²) in [4.78, 5) is 27.8. The van der Waals surface area contributed by atoms with Crippen LogP contribution in [0.3, 0.4) is 0 Å². The maximum absolute atomic E-state index is 13.3. The molecule has 5 rings (SSSR count). The Bertz CT molecular complexity index is 1250. The zero-order chi connectivity index (χ0) is 21.2. The van der Waals surface area contributed by atoms with E-state index in [1.807, 2.05) is 48.7 Å². The summed E-state index contributed by atoms with van der Waals surface area (Å²) in [6, 6.07) is 15.4. The lowest BCUT2D eigenvalue weighted by atomic mass is 10.0. The van der Waals surface area contributed by atoms with Gasteiger partial charge in [-0.25, -0.2) is 9.97 Å². The molecule has 4 N–H and O–H groups in total. The number of aromatic amines is 1. The lowest BCUT2D eigenvalue weighted by Crippen LogP contribution is -2.29. The third-order valence-electron chi connectivity index (χ3n) is 5.69. The summed E-state index contributed by atoms with van der Waals surface area (Å²) in [5.41, 5.74) is 9.70. The number of nitrogen functional groups attached to an aromatic ring is 1. The van der Waals surface area contributed by atoms with E-state index in [1.54, 1.807) is 12.3 Å². The molecule has 0 spiro atoms. The number of para-hydroxylation sites is 1. The molecule has 1 aliphatic heterocycles. The standard InChI is InChI=1S/C24H24N6O.3H2/c25-24-18(13-16(14-28-24)19-15-27-20-6-2-1-5-17(19)20)23(31)21-7-3-8-22(29-21)30-11-4-9-26-10-12-30;;;/h1-3,5-8,13-15,26-27H,4,9-12H2,(H2,25,28);3*1H. The van der Waals surface area contributed by atoms with Crippen LogP contribution in [-0.4, -0.2) is 46.9 Å². The zero-order valence-electron chi connectivity index (χ0n) is 17.1. The third kappa shape index (κ3) is 3.75. The monoisotopic (exact) mass is 418 g/mol. The van der Waals surface area contributed by atoms with Gasteiger partial charge in [0.25, 0.3) is 0 Å². The largest absolute Gasteiger partial charge is 0.383 e. The van der Waals surface area contributed by atoms with Crippen LogP contribution in [0.4, 0.5) is 11.6 Å². The van der Waals surface area contributed by atoms with Crippen LogP contribution in [0.15, 0.2) is 60.9 Å². The summed E-state index contributed by atoms with van der Waals surface area (Å²) in [6.45, 7) is 3.68. The number of aromatic nitrogens is 3. The summed E-state index contributed by atoms with van der Waals surface area (Å²) >= 11 is 0. The summed E-state index contributed by atoms with van der Waals surface area (Å²) in [5.74, 6) is 0.801. The predicted molar refractivity (Wildman–Crippen MR) is 130 cm³/mol. The maximum Gasteiger partial charge on any atom is 0.215 e. The molecule has 1 fully saturated rings. The van der Waals surface area contributed by atoms with Gasteiger partial charge in [-0.05, 0) is 37.2 Å². The van der Waals surface area contributed by atoms with Crippen LogP contribution < -0.4 is 16.0 Å². The predicted octanol–water partition coefficient (Wildman–Crippen LogP) is 3.98. The van der Waals surface area contributed by atoms with Gasteiger partial charge in [0.15, 0.2) is 0 Å². The molecule has 0 unspecified atom stereocenters. The lowest BCUT2D eigenvalue weighted by molar-refractivity contribution is 0.103. The molecule has 1 saturated heterocycles. The number of nitrogens with two attached hydrogens (primary N) is 1. The number of hydrogen-bond acceptors (Lipinski definition) is 6. The van der Waals surface area contributed by atoms with Gasteiger partial charge in [-0.15, -0.1) is 0 Å². The molecule has 0 radical (unpaired) electrons. The maximum atomic E-state index is 13.3. The Balaban J connectivity index is 0.00000136. The highest BCUT2D eigenvalue weighted by atomic mass is 16.1. The fourth-order valence-corrected chi connectivity index (χ4v) is 4.05. The van der Waals surface area contributed by atoms with Crippen molar-refractivity contribution in [3.63, 3.8) is 0 Å². The molecule has 4 heterocycles. The molecular weight excluding hydrogens is 388 g/mol. The van der Waals surface area contributed by atoms with Gasteiger partial charge < -0.3 is 20.9 Å². The van der Waals surface area contributed by atoms with E-state index in [0.29, 0.717) is 11.3 Å². The number of nitrogens with one attached hydrogen (secondary N) is 2. The van der Waals surface area contributed by atoms with Crippen molar-refractivity contribution >= 4 is 28.3 Å². The van der Waals surface area contributed by atoms with E-state index in [1.165, 1.54) is 0 Å². The molecule has 1 aliphatic rings. The molecule has 4 aromatic rings. The van der Waals surface area contributed by atoms with Crippen LogP contribution in [0, 0.1) is 0 Å². The third-order valence-corrected chi connectivity index (χ3v) is 5.69. The Labute approximate surface area is 184 Å². The minimum absolute atomic E-state index is 0. The molecule has 0 aliphatic carbocycles. The second-order valence-corrected chi connectivity index (χ2v) is 7.71. The van der Waals surface area contributed by atoms with Crippen molar-refractivity contribution in [2.75, 3.05) is 36.8 Å². The number of rotatable bonds is 4. The second kappa shape index (κ2) is 8.20. The number of carbonyl (C=O) groups excluding carboxylic acids is 1. The average molecular weight is 419 g/mol. The van der Waals surface area contributed by atoms with Crippen molar-refractivity contribution in [2.24, 2.45) is 0 Å². The van der Waals surface area contributed by atoms with E-state index >= 15 is 0 Å². The van der Waals surface area contributed by atoms with E-state index in [2.05, 4.69) is 25.2 Å². The minimum atomic E-state index is -0.221. The number of hydrogen-bond donors (Lipinski definition) is 3. The first-order chi connectivity index (χ1) is 15.2. The molecule has 7 nitrogen and oxygen atoms in total. The van der Waals surface area contributed by atoms with Crippen molar-refractivity contribution in [1.29, 1.82) is 0 Å². The molecule has 0 atom stereocenters. The fourth-order valence-electron chi connectivity index (χ4n) is 4.05. The molecule has 31 heavy (non-hydrogen) atoms. The second-order valence-electron chi connectivity index (χ2n) is 7.71. The van der Waals surface area contributed by atoms with Gasteiger partial charge >= 0.3 is 0 Å². The number of anilines is 2. The number of ketones is 1. The minimum Gasteiger partial charge on any atom is -0.383 e. The van der Waals surface area contributed by atoms with Gasteiger partial charge in [-0.1, -0.05) is 24.3 Å². The van der Waals surface area contributed by atoms with E-state index in [9.17, 15) is 4.79 Å². The number of H-pyrrole nitrogens is 1. The van der Waals surface area contributed by atoms with Crippen LogP contribution in [0.5, 0.6) is 0 Å². The Morgan fingerprint density at radius 2 is 2.00 bits per heavy atom. The van der Waals surface area contributed by atoms with E-state index in [4.69, 9.17) is 5.73 Å². The van der Waals surface area contributed by atoms with Crippen LogP contribution in [0.1, 0.15) is 26.8 Å². The topological polar surface area (TPSA) is 99.9 Å². The van der Waals surface area contributed by atoms with Crippen molar-refractivity contribution in [3.8, 4) is 11.1 Å². The van der Waals surface area contributed by atoms with Gasteiger partial charge in [0.05, 0.1) is 5.56 Å². The average Bonchev–Trinajstić information content (AvgIpc) is 3.05. The number of nitrogens with zero attached hydrogens (tertiary/aromatic N) is 3. The summed E-state index contributed by atoms with van der Waals surface area (Å²) < 4.78 is 0. The van der Waals surface area contributed by atoms with Crippen LogP contribution in [0.2, 0.25) is 0 Å². The lowest BCUT2D eigenvalue weighted by Gasteiger charge is -2.21. The van der Waals surface area contributed by atoms with Crippen molar-refractivity contribution < 1.29 is 9.07 Å². The Kier molecular flexibility index (Phi) is 5.09. The van der Waals surface area contributed by atoms with Crippen LogP contribution >= 0.6 is 0 Å². The van der Waals surface area contributed by atoms with E-state index < -0.39 is 0 Å². The van der Waals surface area contributed by atoms with Gasteiger partial charge in [0.2, 0.25) is 5.78 Å². The molecule has 0 saturated carbocycles. The first-order valence-corrected chi connectivity index (χ1v) is 10.5. The van der Waals surface area contributed by atoms with Crippen LogP contribution in [-0.2, 0) is 0 Å². The first kappa shape index (κ1) is 19.3. The molecule has 162 valence electrons. The summed E-state index contributed by atoms with van der Waals surface area (Å²) in [7, 11) is 0. The molecule has 7 heteroatoms. The Hall–Kier alpha value is -3.71. The number of carbonyl (C=O) groups is 1. The molecule has 0 amide bonds. The van der Waals surface area contributed by atoms with Gasteiger partial charge in [-0.3, -0.25) is 4.79 Å². The fraction of sp³-hybridized carbons (Fsp3) is 0.208. The molecule has 1 aromatic carbocycles. The number of fused-ring (bicyclic) bond motifs is 1. The first-order valence-electron chi connectivity index (χ1n) is 10.5. The highest BCUT2D eigenvalue weighted by molar-refractivity contribution is 6.11. The molecule has 0 bridgehead atoms. The number of benzene rings is 1. The molecular formula is C24H30N6O. The van der Waals surface area contributed by atoms with Crippen molar-refractivity contribution in [3.05, 3.63) is 72.2 Å². The van der Waals surface area contributed by atoms with Gasteiger partial charge in [-0.2, -0.15) is 0 Å². The number of pyridine rings is 2. The van der Waals surface area contributed by atoms with Crippen LogP contribution in [0.25, 0.3) is 22.0 Å². The van der Waals surface area contributed by atoms with E-state index in [-0.39, 0.29) is 15.9 Å². The quantitative estimate of drug-likeness (QED) is 0.434. The summed E-state index contributed by atoms with van der Waals surface area (Å²) in [5, 5.41) is 4.46. The SMILES string of the molecule is Nc1ncc(-c2c[nH]c3ccccc23)cc1C(=O)c1cccc(N2CCCNCC2)n1.[HH].[HH].[HH]. The highest BCUT2D eigenvalue weighted by Gasteiger charge is 2.19. The van der Waals surface area contributed by atoms with Gasteiger partial charge in [0.1, 0.15) is 17.3 Å². The van der Waals surface area contributed by atoms with E-state index in [0.717, 1.165) is 60.4 Å². The molecule has 3 aromatic heterocycles.